The predicted octanol–water partition coefficient (Wildman–Crippen LogP) is 2.39. The van der Waals surface area contributed by atoms with E-state index in [0.717, 1.165) is 0 Å². The zero-order valence-electron chi connectivity index (χ0n) is 19.8. The molecule has 31 heavy (non-hydrogen) atoms. The van der Waals surface area contributed by atoms with Gasteiger partial charge >= 0.3 is 193 Å². The molecule has 0 amide bonds. The predicted molar refractivity (Wildman–Crippen MR) is 116 cm³/mol. The average molecular weight is 554 g/mol. The molecule has 0 aromatic carbocycles. The summed E-state index contributed by atoms with van der Waals surface area (Å²) in [6.45, 7) is 13.7. The van der Waals surface area contributed by atoms with Crippen LogP contribution in [0.3, 0.4) is 0 Å². The number of rotatable bonds is 18. The molecule has 0 heterocycles. The van der Waals surface area contributed by atoms with Crippen LogP contribution in [0, 0.1) is 0 Å². The molecule has 0 spiro atoms. The van der Waals surface area contributed by atoms with Crippen LogP contribution < -0.4 is 0 Å². The molecule has 0 aliphatic carbocycles. The van der Waals surface area contributed by atoms with Crippen molar-refractivity contribution in [3.8, 4) is 0 Å². The number of carbonyl (C=O) groups is 3. The van der Waals surface area contributed by atoms with Gasteiger partial charge < -0.3 is 0 Å². The molecular weight excluding hydrogens is 515 g/mol. The molecule has 0 radical (unpaired) electrons. The molecule has 0 aromatic rings. The number of hydrogen-bond donors (Lipinski definition) is 0. The standard InChI is InChI=1S/3C7H13O3.Sn/c3*1-3-7(8)10-6-5-9-4-2;/h3*3H,4-6H2,1-2H3;/q;;;+1. The van der Waals surface area contributed by atoms with Crippen molar-refractivity contribution in [2.45, 2.75) is 53.3 Å². The molecule has 0 saturated carbocycles. The first-order chi connectivity index (χ1) is 14.8. The van der Waals surface area contributed by atoms with Crippen LogP contribution in [0.5, 0.6) is 0 Å². The first-order valence-electron chi connectivity index (χ1n) is 10.9. The second-order valence-corrected chi connectivity index (χ2v) is 17.0. The summed E-state index contributed by atoms with van der Waals surface area (Å²) in [6, 6.07) is 0. The summed E-state index contributed by atoms with van der Waals surface area (Å²) in [5.74, 6) is -1.26. The molecule has 0 fully saturated rings. The van der Waals surface area contributed by atoms with Gasteiger partial charge in [0.2, 0.25) is 0 Å². The normalized spacial score (nSPS) is 13.7. The monoisotopic (exact) mass is 555 g/mol. The number of hydrogen-bond acceptors (Lipinski definition) is 9. The molecule has 0 aliphatic heterocycles. The minimum absolute atomic E-state index is 0.133. The van der Waals surface area contributed by atoms with Gasteiger partial charge in [0.15, 0.2) is 0 Å². The van der Waals surface area contributed by atoms with Gasteiger partial charge in [-0.3, -0.25) is 0 Å². The fraction of sp³-hybridized carbons (Fsp3) is 0.857. The molecule has 0 rings (SSSR count). The van der Waals surface area contributed by atoms with Crippen LogP contribution in [0.25, 0.3) is 0 Å². The van der Waals surface area contributed by atoms with Gasteiger partial charge in [0.1, 0.15) is 0 Å². The third-order valence-corrected chi connectivity index (χ3v) is 15.2. The summed E-state index contributed by atoms with van der Waals surface area (Å²) in [5.41, 5.74) is 0. The van der Waals surface area contributed by atoms with Crippen molar-refractivity contribution in [3.63, 3.8) is 0 Å². The maximum absolute atomic E-state index is 12.6. The van der Waals surface area contributed by atoms with Gasteiger partial charge in [-0.1, -0.05) is 0 Å². The quantitative estimate of drug-likeness (QED) is 0.109. The second kappa shape index (κ2) is 18.6. The van der Waals surface area contributed by atoms with Crippen molar-refractivity contribution in [3.05, 3.63) is 0 Å². The van der Waals surface area contributed by atoms with E-state index in [0.29, 0.717) is 39.6 Å². The number of esters is 3. The van der Waals surface area contributed by atoms with Crippen LogP contribution in [0.1, 0.15) is 41.5 Å². The SMILES string of the molecule is CCOCCOC(=O)[CH](C)[Sn+]([CH](C)C(=O)OCCOCC)[CH](C)C(=O)OCCOCC. The molecule has 0 bridgehead atoms. The van der Waals surface area contributed by atoms with Crippen LogP contribution in [0.15, 0.2) is 0 Å². The van der Waals surface area contributed by atoms with Crippen LogP contribution in [-0.4, -0.2) is 97.1 Å². The Balaban J connectivity index is 5.18. The molecule has 0 aromatic heterocycles. The Labute approximate surface area is 193 Å². The Hall–Kier alpha value is -0.911. The number of ether oxygens (including phenoxy) is 6. The van der Waals surface area contributed by atoms with E-state index in [9.17, 15) is 14.4 Å². The van der Waals surface area contributed by atoms with Gasteiger partial charge in [-0.05, 0) is 0 Å². The van der Waals surface area contributed by atoms with Crippen molar-refractivity contribution in [1.29, 1.82) is 0 Å². The van der Waals surface area contributed by atoms with Crippen molar-refractivity contribution in [2.24, 2.45) is 0 Å². The summed E-state index contributed by atoms with van der Waals surface area (Å²) in [4.78, 5) is 37.9. The Bertz CT molecular complexity index is 444. The Kier molecular flexibility index (Phi) is 18.1. The third-order valence-electron chi connectivity index (χ3n) is 4.59. The van der Waals surface area contributed by atoms with E-state index in [2.05, 4.69) is 0 Å². The molecule has 9 nitrogen and oxygen atoms in total. The van der Waals surface area contributed by atoms with E-state index < -0.39 is 49.5 Å². The van der Waals surface area contributed by atoms with E-state index in [-0.39, 0.29) is 19.8 Å². The third kappa shape index (κ3) is 12.6. The van der Waals surface area contributed by atoms with Crippen molar-refractivity contribution in [2.75, 3.05) is 59.5 Å². The van der Waals surface area contributed by atoms with Gasteiger partial charge in [-0.25, -0.2) is 0 Å². The molecule has 0 N–H and O–H groups in total. The molecular formula is C21H39O9Sn+. The van der Waals surface area contributed by atoms with Gasteiger partial charge in [0, 0.05) is 0 Å². The van der Waals surface area contributed by atoms with E-state index in [1.807, 2.05) is 20.8 Å². The van der Waals surface area contributed by atoms with Crippen molar-refractivity contribution in [1.82, 2.24) is 0 Å². The summed E-state index contributed by atoms with van der Waals surface area (Å²) in [5, 5.41) is 0. The van der Waals surface area contributed by atoms with Gasteiger partial charge in [0.05, 0.1) is 0 Å². The second-order valence-electron chi connectivity index (χ2n) is 6.76. The van der Waals surface area contributed by atoms with E-state index in [4.69, 9.17) is 28.4 Å². The van der Waals surface area contributed by atoms with Crippen LogP contribution >= 0.6 is 0 Å². The fourth-order valence-corrected chi connectivity index (χ4v) is 12.4. The first-order valence-corrected chi connectivity index (χ1v) is 15.9. The Morgan fingerprint density at radius 3 is 1.03 bits per heavy atom. The van der Waals surface area contributed by atoms with Crippen LogP contribution in [0.2, 0.25) is 11.8 Å². The van der Waals surface area contributed by atoms with Crippen LogP contribution in [-0.2, 0) is 42.8 Å². The Morgan fingerprint density at radius 2 is 0.806 bits per heavy atom. The summed E-state index contributed by atoms with van der Waals surface area (Å²) >= 11 is -3.14. The van der Waals surface area contributed by atoms with E-state index >= 15 is 0 Å². The molecule has 180 valence electrons. The molecule has 10 heteroatoms. The topological polar surface area (TPSA) is 107 Å². The first kappa shape index (κ1) is 30.1. The molecule has 3 atom stereocenters. The van der Waals surface area contributed by atoms with Crippen molar-refractivity contribution < 1.29 is 42.8 Å². The molecule has 0 saturated heterocycles. The zero-order chi connectivity index (χ0) is 23.6. The Morgan fingerprint density at radius 1 is 0.548 bits per heavy atom. The maximum atomic E-state index is 12.6. The van der Waals surface area contributed by atoms with Gasteiger partial charge in [0.25, 0.3) is 0 Å². The average Bonchev–Trinajstić information content (AvgIpc) is 2.76. The minimum atomic E-state index is -3.14. The van der Waals surface area contributed by atoms with E-state index in [1.165, 1.54) is 0 Å². The fourth-order valence-electron chi connectivity index (χ4n) is 2.94. The molecule has 3 unspecified atom stereocenters. The van der Waals surface area contributed by atoms with Crippen LogP contribution in [0.4, 0.5) is 0 Å². The summed E-state index contributed by atoms with van der Waals surface area (Å²) < 4.78 is 29.9. The van der Waals surface area contributed by atoms with Gasteiger partial charge in [-0.2, -0.15) is 0 Å². The summed E-state index contributed by atoms with van der Waals surface area (Å²) in [6.07, 6.45) is 0. The van der Waals surface area contributed by atoms with Crippen molar-refractivity contribution >= 4 is 37.7 Å². The number of carbonyl (C=O) groups excluding carboxylic acids is 3. The van der Waals surface area contributed by atoms with Gasteiger partial charge in [-0.15, -0.1) is 0 Å². The van der Waals surface area contributed by atoms with E-state index in [1.54, 1.807) is 20.8 Å². The summed E-state index contributed by atoms with van der Waals surface area (Å²) in [7, 11) is 0. The zero-order valence-corrected chi connectivity index (χ0v) is 22.6. The molecule has 0 aliphatic rings.